The Morgan fingerprint density at radius 3 is 2.92 bits per heavy atom. The van der Waals surface area contributed by atoms with E-state index in [0.29, 0.717) is 6.42 Å². The van der Waals surface area contributed by atoms with Crippen LogP contribution in [-0.2, 0) is 24.1 Å². The minimum absolute atomic E-state index is 0.174. The van der Waals surface area contributed by atoms with E-state index in [1.54, 1.807) is 13.4 Å². The number of nitrogens with one attached hydrogen (secondary N) is 1. The van der Waals surface area contributed by atoms with Gasteiger partial charge < -0.3 is 15.0 Å². The zero-order valence-electron chi connectivity index (χ0n) is 15.1. The van der Waals surface area contributed by atoms with Crippen LogP contribution in [0.3, 0.4) is 0 Å². The van der Waals surface area contributed by atoms with E-state index in [1.165, 1.54) is 11.3 Å². The molecule has 1 saturated heterocycles. The van der Waals surface area contributed by atoms with Crippen LogP contribution in [0.15, 0.2) is 30.6 Å². The Kier molecular flexibility index (Phi) is 4.73. The van der Waals surface area contributed by atoms with Crippen molar-refractivity contribution in [2.45, 2.75) is 38.1 Å². The molecule has 0 bridgehead atoms. The topological polar surface area (TPSA) is 67.3 Å². The van der Waals surface area contributed by atoms with Crippen molar-refractivity contribution in [3.63, 3.8) is 0 Å². The maximum absolute atomic E-state index is 12.6. The van der Waals surface area contributed by atoms with E-state index in [4.69, 9.17) is 4.74 Å². The first kappa shape index (κ1) is 16.8. The fraction of sp³-hybridized carbons (Fsp3) is 0.450. The minimum atomic E-state index is 0.174. The van der Waals surface area contributed by atoms with E-state index in [1.807, 2.05) is 29.2 Å². The lowest BCUT2D eigenvalue weighted by Gasteiger charge is -2.18. The van der Waals surface area contributed by atoms with Gasteiger partial charge >= 0.3 is 0 Å². The lowest BCUT2D eigenvalue weighted by atomic mass is 10.1. The second-order valence-corrected chi connectivity index (χ2v) is 7.00. The highest BCUT2D eigenvalue weighted by Crippen LogP contribution is 2.26. The molecule has 6 nitrogen and oxygen atoms in total. The summed E-state index contributed by atoms with van der Waals surface area (Å²) in [7, 11) is 1.64. The predicted octanol–water partition coefficient (Wildman–Crippen LogP) is 2.23. The third kappa shape index (κ3) is 3.49. The third-order valence-corrected chi connectivity index (χ3v) is 5.27. The summed E-state index contributed by atoms with van der Waals surface area (Å²) in [6.45, 7) is 1.52. The number of aryl methyl sites for hydroxylation is 1. The van der Waals surface area contributed by atoms with Crippen molar-refractivity contribution in [3.05, 3.63) is 47.4 Å². The molecule has 1 fully saturated rings. The van der Waals surface area contributed by atoms with Crippen LogP contribution >= 0.6 is 0 Å². The fourth-order valence-electron chi connectivity index (χ4n) is 3.81. The number of hydrogen-bond donors (Lipinski definition) is 1. The maximum atomic E-state index is 12.6. The SMILES string of the molecule is COc1ccc(CC(=O)N2CC[C@H](Nc3ncnc4c3CCC4)C2)cc1. The molecule has 2 aromatic rings. The van der Waals surface area contributed by atoms with Crippen LogP contribution in [0.25, 0.3) is 0 Å². The molecule has 1 aromatic heterocycles. The Hall–Kier alpha value is -2.63. The number of anilines is 1. The lowest BCUT2D eigenvalue weighted by molar-refractivity contribution is -0.129. The van der Waals surface area contributed by atoms with Gasteiger partial charge in [0.05, 0.1) is 13.5 Å². The van der Waals surface area contributed by atoms with Crippen LogP contribution in [-0.4, -0.2) is 47.0 Å². The first-order valence-corrected chi connectivity index (χ1v) is 9.23. The zero-order chi connectivity index (χ0) is 17.9. The van der Waals surface area contributed by atoms with Gasteiger partial charge in [-0.25, -0.2) is 9.97 Å². The number of hydrogen-bond acceptors (Lipinski definition) is 5. The Balaban J connectivity index is 1.34. The molecular weight excluding hydrogens is 328 g/mol. The molecule has 1 aliphatic heterocycles. The van der Waals surface area contributed by atoms with Gasteiger partial charge in [0.25, 0.3) is 0 Å². The normalized spacial score (nSPS) is 18.7. The molecule has 0 radical (unpaired) electrons. The smallest absolute Gasteiger partial charge is 0.227 e. The number of methoxy groups -OCH3 is 1. The third-order valence-electron chi connectivity index (χ3n) is 5.27. The van der Waals surface area contributed by atoms with Crippen LogP contribution in [0.2, 0.25) is 0 Å². The van der Waals surface area contributed by atoms with E-state index >= 15 is 0 Å². The van der Waals surface area contributed by atoms with Gasteiger partial charge in [-0.2, -0.15) is 0 Å². The van der Waals surface area contributed by atoms with Crippen molar-refractivity contribution >= 4 is 11.7 Å². The number of ether oxygens (including phenoxy) is 1. The Bertz CT molecular complexity index is 791. The number of likely N-dealkylation sites (tertiary alicyclic amines) is 1. The van der Waals surface area contributed by atoms with Crippen LogP contribution in [0, 0.1) is 0 Å². The van der Waals surface area contributed by atoms with E-state index in [2.05, 4.69) is 15.3 Å². The molecule has 1 atom stereocenters. The number of nitrogens with zero attached hydrogens (tertiary/aromatic N) is 3. The number of amides is 1. The van der Waals surface area contributed by atoms with Crippen LogP contribution in [0.1, 0.15) is 29.7 Å². The number of benzene rings is 1. The molecule has 0 spiro atoms. The molecule has 1 N–H and O–H groups in total. The second kappa shape index (κ2) is 7.32. The van der Waals surface area contributed by atoms with Gasteiger partial charge in [-0.1, -0.05) is 12.1 Å². The summed E-state index contributed by atoms with van der Waals surface area (Å²) in [5.74, 6) is 1.94. The summed E-state index contributed by atoms with van der Waals surface area (Å²) in [5, 5.41) is 3.54. The van der Waals surface area contributed by atoms with Gasteiger partial charge in [-0.15, -0.1) is 0 Å². The number of carbonyl (C=O) groups is 1. The highest BCUT2D eigenvalue weighted by molar-refractivity contribution is 5.79. The van der Waals surface area contributed by atoms with E-state index in [-0.39, 0.29) is 11.9 Å². The van der Waals surface area contributed by atoms with E-state index in [0.717, 1.165) is 55.9 Å². The molecule has 2 heterocycles. The number of rotatable bonds is 5. The van der Waals surface area contributed by atoms with Gasteiger partial charge in [-0.3, -0.25) is 4.79 Å². The molecule has 2 aliphatic rings. The molecule has 1 amide bonds. The molecule has 0 unspecified atom stereocenters. The molecule has 4 rings (SSSR count). The number of fused-ring (bicyclic) bond motifs is 1. The van der Waals surface area contributed by atoms with E-state index in [9.17, 15) is 4.79 Å². The van der Waals surface area contributed by atoms with Crippen molar-refractivity contribution in [3.8, 4) is 5.75 Å². The van der Waals surface area contributed by atoms with Crippen molar-refractivity contribution in [2.24, 2.45) is 0 Å². The first-order valence-electron chi connectivity index (χ1n) is 9.23. The largest absolute Gasteiger partial charge is 0.497 e. The second-order valence-electron chi connectivity index (χ2n) is 7.00. The van der Waals surface area contributed by atoms with Crippen molar-refractivity contribution in [2.75, 3.05) is 25.5 Å². The summed E-state index contributed by atoms with van der Waals surface area (Å²) in [5.41, 5.74) is 3.45. The monoisotopic (exact) mass is 352 g/mol. The molecule has 6 heteroatoms. The highest BCUT2D eigenvalue weighted by Gasteiger charge is 2.27. The summed E-state index contributed by atoms with van der Waals surface area (Å²) in [6, 6.07) is 7.95. The van der Waals surface area contributed by atoms with Crippen LogP contribution < -0.4 is 10.1 Å². The first-order chi connectivity index (χ1) is 12.7. The fourth-order valence-corrected chi connectivity index (χ4v) is 3.81. The lowest BCUT2D eigenvalue weighted by Crippen LogP contribution is -2.32. The quantitative estimate of drug-likeness (QED) is 0.894. The molecule has 1 aliphatic carbocycles. The predicted molar refractivity (Wildman–Crippen MR) is 99.4 cm³/mol. The average Bonchev–Trinajstić information content (AvgIpc) is 3.32. The Morgan fingerprint density at radius 1 is 1.27 bits per heavy atom. The van der Waals surface area contributed by atoms with Crippen molar-refractivity contribution < 1.29 is 9.53 Å². The van der Waals surface area contributed by atoms with Gasteiger partial charge in [0.2, 0.25) is 5.91 Å². The van der Waals surface area contributed by atoms with Gasteiger partial charge in [0.1, 0.15) is 17.9 Å². The number of aromatic nitrogens is 2. The summed E-state index contributed by atoms with van der Waals surface area (Å²) < 4.78 is 5.16. The zero-order valence-corrected chi connectivity index (χ0v) is 15.1. The average molecular weight is 352 g/mol. The molecule has 1 aromatic carbocycles. The van der Waals surface area contributed by atoms with Gasteiger partial charge in [0.15, 0.2) is 0 Å². The van der Waals surface area contributed by atoms with Gasteiger partial charge in [-0.05, 0) is 43.4 Å². The standard InChI is InChI=1S/C20H24N4O2/c1-26-16-7-5-14(6-8-16)11-19(25)24-10-9-15(12-24)23-20-17-3-2-4-18(17)21-13-22-20/h5-8,13,15H,2-4,9-12H2,1H3,(H,21,22,23)/t15-/m0/s1. The molecule has 26 heavy (non-hydrogen) atoms. The highest BCUT2D eigenvalue weighted by atomic mass is 16.5. The maximum Gasteiger partial charge on any atom is 0.227 e. The Morgan fingerprint density at radius 2 is 2.12 bits per heavy atom. The van der Waals surface area contributed by atoms with Crippen molar-refractivity contribution in [1.82, 2.24) is 14.9 Å². The van der Waals surface area contributed by atoms with Gasteiger partial charge in [0, 0.05) is 30.4 Å². The molecular formula is C20H24N4O2. The van der Waals surface area contributed by atoms with E-state index < -0.39 is 0 Å². The minimum Gasteiger partial charge on any atom is -0.497 e. The van der Waals surface area contributed by atoms with Crippen molar-refractivity contribution in [1.29, 1.82) is 0 Å². The van der Waals surface area contributed by atoms with Crippen LogP contribution in [0.4, 0.5) is 5.82 Å². The molecule has 136 valence electrons. The Labute approximate surface area is 153 Å². The molecule has 0 saturated carbocycles. The number of carbonyl (C=O) groups excluding carboxylic acids is 1. The van der Waals surface area contributed by atoms with Crippen LogP contribution in [0.5, 0.6) is 5.75 Å². The summed E-state index contributed by atoms with van der Waals surface area (Å²) in [4.78, 5) is 23.3. The summed E-state index contributed by atoms with van der Waals surface area (Å²) >= 11 is 0. The summed E-state index contributed by atoms with van der Waals surface area (Å²) in [6.07, 6.45) is 6.27.